The maximum absolute atomic E-state index is 11.6. The van der Waals surface area contributed by atoms with Gasteiger partial charge in [-0.3, -0.25) is 0 Å². The summed E-state index contributed by atoms with van der Waals surface area (Å²) < 4.78 is 5.21. The summed E-state index contributed by atoms with van der Waals surface area (Å²) in [6, 6.07) is 8.18. The van der Waals surface area contributed by atoms with E-state index in [-0.39, 0.29) is 6.09 Å². The molecule has 0 unspecified atom stereocenters. The third-order valence-corrected chi connectivity index (χ3v) is 3.47. The molecule has 1 rings (SSSR count). The van der Waals surface area contributed by atoms with Gasteiger partial charge in [0, 0.05) is 12.1 Å². The first kappa shape index (κ1) is 18.3. The summed E-state index contributed by atoms with van der Waals surface area (Å²) in [7, 11) is -1.36. The molecule has 1 aromatic carbocycles. The SMILES string of the molecule is CC(C)(C)OC(=O)NCCc1cccc(C#C[Si](C)(C)C)c1. The van der Waals surface area contributed by atoms with Gasteiger partial charge in [-0.05, 0) is 44.9 Å². The number of amides is 1. The van der Waals surface area contributed by atoms with Crippen LogP contribution in [0.2, 0.25) is 19.6 Å². The van der Waals surface area contributed by atoms with E-state index in [1.54, 1.807) is 0 Å². The molecule has 1 aromatic rings. The van der Waals surface area contributed by atoms with E-state index in [0.29, 0.717) is 6.54 Å². The Labute approximate surface area is 135 Å². The van der Waals surface area contributed by atoms with Gasteiger partial charge in [-0.15, -0.1) is 5.54 Å². The van der Waals surface area contributed by atoms with Crippen molar-refractivity contribution in [3.63, 3.8) is 0 Å². The molecule has 0 aliphatic heterocycles. The Morgan fingerprint density at radius 2 is 1.95 bits per heavy atom. The molecule has 0 saturated heterocycles. The zero-order chi connectivity index (χ0) is 16.8. The molecule has 0 fully saturated rings. The fourth-order valence-electron chi connectivity index (χ4n) is 1.69. The van der Waals surface area contributed by atoms with E-state index in [2.05, 4.69) is 48.6 Å². The van der Waals surface area contributed by atoms with Crippen LogP contribution in [0.15, 0.2) is 24.3 Å². The van der Waals surface area contributed by atoms with Crippen LogP contribution in [0.3, 0.4) is 0 Å². The molecule has 0 aliphatic rings. The number of nitrogens with one attached hydrogen (secondary N) is 1. The van der Waals surface area contributed by atoms with Crippen molar-refractivity contribution < 1.29 is 9.53 Å². The molecule has 1 amide bonds. The number of hydrogen-bond acceptors (Lipinski definition) is 2. The lowest BCUT2D eigenvalue weighted by atomic mass is 10.1. The van der Waals surface area contributed by atoms with Gasteiger partial charge in [0.2, 0.25) is 0 Å². The van der Waals surface area contributed by atoms with Crippen LogP contribution in [0.25, 0.3) is 0 Å². The maximum atomic E-state index is 11.6. The average Bonchev–Trinajstić information content (AvgIpc) is 2.34. The van der Waals surface area contributed by atoms with Crippen molar-refractivity contribution in [1.82, 2.24) is 5.32 Å². The van der Waals surface area contributed by atoms with Gasteiger partial charge in [-0.1, -0.05) is 37.7 Å². The second kappa shape index (κ2) is 7.51. The molecule has 1 N–H and O–H groups in total. The number of carbonyl (C=O) groups excluding carboxylic acids is 1. The molecule has 0 heterocycles. The minimum absolute atomic E-state index is 0.373. The number of alkyl carbamates (subject to hydrolysis) is 1. The first-order chi connectivity index (χ1) is 10.1. The van der Waals surface area contributed by atoms with Gasteiger partial charge >= 0.3 is 6.09 Å². The van der Waals surface area contributed by atoms with Crippen molar-refractivity contribution in [2.24, 2.45) is 0 Å². The highest BCUT2D eigenvalue weighted by Crippen LogP contribution is 2.08. The van der Waals surface area contributed by atoms with Crippen LogP contribution in [0, 0.1) is 11.5 Å². The molecule has 0 saturated carbocycles. The predicted molar refractivity (Wildman–Crippen MR) is 94.6 cm³/mol. The van der Waals surface area contributed by atoms with Gasteiger partial charge in [0.15, 0.2) is 0 Å². The third-order valence-electron chi connectivity index (χ3n) is 2.59. The van der Waals surface area contributed by atoms with Crippen molar-refractivity contribution >= 4 is 14.2 Å². The first-order valence-corrected chi connectivity index (χ1v) is 11.1. The maximum Gasteiger partial charge on any atom is 0.407 e. The summed E-state index contributed by atoms with van der Waals surface area (Å²) in [5, 5.41) is 2.77. The summed E-state index contributed by atoms with van der Waals surface area (Å²) >= 11 is 0. The topological polar surface area (TPSA) is 38.3 Å². The molecular formula is C18H27NO2Si. The van der Waals surface area contributed by atoms with Crippen LogP contribution >= 0.6 is 0 Å². The highest BCUT2D eigenvalue weighted by Gasteiger charge is 2.15. The van der Waals surface area contributed by atoms with Crippen molar-refractivity contribution in [3.8, 4) is 11.5 Å². The Morgan fingerprint density at radius 1 is 1.27 bits per heavy atom. The fourth-order valence-corrected chi connectivity index (χ4v) is 2.21. The first-order valence-electron chi connectivity index (χ1n) is 7.64. The van der Waals surface area contributed by atoms with E-state index in [9.17, 15) is 4.79 Å². The highest BCUT2D eigenvalue weighted by molar-refractivity contribution is 6.83. The Kier molecular flexibility index (Phi) is 6.25. The predicted octanol–water partition coefficient (Wildman–Crippen LogP) is 3.98. The van der Waals surface area contributed by atoms with E-state index < -0.39 is 13.7 Å². The fraction of sp³-hybridized carbons (Fsp3) is 0.500. The molecule has 22 heavy (non-hydrogen) atoms. The van der Waals surface area contributed by atoms with Gasteiger partial charge in [-0.2, -0.15) is 0 Å². The van der Waals surface area contributed by atoms with Gasteiger partial charge in [-0.25, -0.2) is 4.79 Å². The normalized spacial score (nSPS) is 11.4. The van der Waals surface area contributed by atoms with E-state index in [4.69, 9.17) is 4.74 Å². The van der Waals surface area contributed by atoms with E-state index in [1.807, 2.05) is 32.9 Å². The molecule has 120 valence electrons. The van der Waals surface area contributed by atoms with E-state index in [1.165, 1.54) is 5.56 Å². The number of benzene rings is 1. The van der Waals surface area contributed by atoms with Crippen LogP contribution in [0.1, 0.15) is 31.9 Å². The summed E-state index contributed by atoms with van der Waals surface area (Å²) in [4.78, 5) is 11.6. The van der Waals surface area contributed by atoms with Crippen LogP contribution in [-0.2, 0) is 11.2 Å². The van der Waals surface area contributed by atoms with E-state index >= 15 is 0 Å². The number of rotatable bonds is 3. The van der Waals surface area contributed by atoms with Crippen LogP contribution in [0.5, 0.6) is 0 Å². The molecule has 3 nitrogen and oxygen atoms in total. The van der Waals surface area contributed by atoms with Gasteiger partial charge in [0.05, 0.1) is 0 Å². The lowest BCUT2D eigenvalue weighted by molar-refractivity contribution is 0.0528. The molecule has 0 aliphatic carbocycles. The second-order valence-electron chi connectivity index (χ2n) is 7.38. The number of hydrogen-bond donors (Lipinski definition) is 1. The largest absolute Gasteiger partial charge is 0.444 e. The monoisotopic (exact) mass is 317 g/mol. The van der Waals surface area contributed by atoms with Crippen molar-refractivity contribution in [1.29, 1.82) is 0 Å². The van der Waals surface area contributed by atoms with Crippen molar-refractivity contribution in [3.05, 3.63) is 35.4 Å². The molecule has 0 bridgehead atoms. The Hall–Kier alpha value is -1.73. The molecule has 0 aromatic heterocycles. The number of carbonyl (C=O) groups is 1. The summed E-state index contributed by atoms with van der Waals surface area (Å²) in [6.45, 7) is 12.8. The van der Waals surface area contributed by atoms with E-state index in [0.717, 1.165) is 12.0 Å². The minimum Gasteiger partial charge on any atom is -0.444 e. The van der Waals surface area contributed by atoms with Crippen LogP contribution in [-0.4, -0.2) is 26.3 Å². The van der Waals surface area contributed by atoms with Crippen molar-refractivity contribution in [2.75, 3.05) is 6.54 Å². The lowest BCUT2D eigenvalue weighted by Crippen LogP contribution is -2.33. The third kappa shape index (κ3) is 8.53. The summed E-state index contributed by atoms with van der Waals surface area (Å²) in [5.41, 5.74) is 5.11. The van der Waals surface area contributed by atoms with Crippen molar-refractivity contribution in [2.45, 2.75) is 52.4 Å². The summed E-state index contributed by atoms with van der Waals surface area (Å²) in [5.74, 6) is 3.25. The smallest absolute Gasteiger partial charge is 0.407 e. The Morgan fingerprint density at radius 3 is 2.55 bits per heavy atom. The van der Waals surface area contributed by atoms with Crippen LogP contribution < -0.4 is 5.32 Å². The molecule has 0 radical (unpaired) electrons. The molecule has 0 atom stereocenters. The molecule has 0 spiro atoms. The number of ether oxygens (including phenoxy) is 1. The van der Waals surface area contributed by atoms with Crippen LogP contribution in [0.4, 0.5) is 4.79 Å². The zero-order valence-electron chi connectivity index (χ0n) is 14.5. The van der Waals surface area contributed by atoms with Gasteiger partial charge in [0.1, 0.15) is 13.7 Å². The Bertz CT molecular complexity index is 571. The highest BCUT2D eigenvalue weighted by atomic mass is 28.3. The Balaban J connectivity index is 2.54. The van der Waals surface area contributed by atoms with Gasteiger partial charge < -0.3 is 10.1 Å². The quantitative estimate of drug-likeness (QED) is 0.676. The second-order valence-corrected chi connectivity index (χ2v) is 12.1. The lowest BCUT2D eigenvalue weighted by Gasteiger charge is -2.19. The molecular weight excluding hydrogens is 290 g/mol. The minimum atomic E-state index is -1.36. The zero-order valence-corrected chi connectivity index (χ0v) is 15.5. The standard InChI is InChI=1S/C18H27NO2Si/c1-18(2,3)21-17(20)19-12-10-15-8-7-9-16(14-15)11-13-22(4,5)6/h7-9,14H,10,12H2,1-6H3,(H,19,20). The average molecular weight is 318 g/mol. The molecule has 4 heteroatoms. The summed E-state index contributed by atoms with van der Waals surface area (Å²) in [6.07, 6.45) is 0.393. The van der Waals surface area contributed by atoms with Gasteiger partial charge in [0.25, 0.3) is 0 Å².